The minimum atomic E-state index is -4.90. The monoisotopic (exact) mass is 377 g/mol. The van der Waals surface area contributed by atoms with Gasteiger partial charge in [-0.1, -0.05) is 17.7 Å². The van der Waals surface area contributed by atoms with E-state index in [0.29, 0.717) is 6.07 Å². The van der Waals surface area contributed by atoms with E-state index in [0.717, 1.165) is 12.1 Å². The van der Waals surface area contributed by atoms with Crippen molar-refractivity contribution >= 4 is 32.4 Å². The Balaban J connectivity index is 2.42. The predicted octanol–water partition coefficient (Wildman–Crippen LogP) is 3.86. The van der Waals surface area contributed by atoms with E-state index in [4.69, 9.17) is 15.8 Å². The van der Waals surface area contributed by atoms with Gasteiger partial charge in [-0.05, 0) is 24.3 Å². The maximum Gasteiger partial charge on any atom is 0.417 e. The summed E-state index contributed by atoms with van der Waals surface area (Å²) >= 11 is 5.80. The van der Waals surface area contributed by atoms with Gasteiger partial charge in [-0.25, -0.2) is 4.98 Å². The molecule has 10 heteroatoms. The van der Waals surface area contributed by atoms with Gasteiger partial charge in [0.1, 0.15) is 5.69 Å². The number of aliphatic hydroxyl groups excluding tert-OH is 1. The van der Waals surface area contributed by atoms with Gasteiger partial charge in [-0.3, -0.25) is 0 Å². The van der Waals surface area contributed by atoms with Crippen molar-refractivity contribution in [2.24, 2.45) is 0 Å². The van der Waals surface area contributed by atoms with Crippen LogP contribution in [-0.2, 0) is 16.3 Å². The van der Waals surface area contributed by atoms with Crippen LogP contribution in [0.25, 0.3) is 10.7 Å². The molecule has 0 amide bonds. The Kier molecular flexibility index (Phi) is 3.72. The van der Waals surface area contributed by atoms with Crippen molar-refractivity contribution in [2.45, 2.75) is 6.18 Å². The third kappa shape index (κ3) is 2.59. The molecular formula is C14H7ClF3NO4S. The van der Waals surface area contributed by atoms with E-state index < -0.39 is 43.1 Å². The smallest absolute Gasteiger partial charge is 0.417 e. The van der Waals surface area contributed by atoms with Crippen molar-refractivity contribution in [3.05, 3.63) is 58.4 Å². The molecule has 1 aliphatic heterocycles. The lowest BCUT2D eigenvalue weighted by Gasteiger charge is -2.22. The molecule has 1 aromatic carbocycles. The fraction of sp³-hybridized carbons (Fsp3) is 0.0714. The van der Waals surface area contributed by atoms with E-state index in [1.165, 1.54) is 18.3 Å². The van der Waals surface area contributed by atoms with E-state index in [9.17, 15) is 26.7 Å². The van der Waals surface area contributed by atoms with Crippen molar-refractivity contribution in [1.82, 2.24) is 4.98 Å². The number of alkyl halides is 3. The summed E-state index contributed by atoms with van der Waals surface area (Å²) in [5, 5.41) is 9.75. The van der Waals surface area contributed by atoms with Gasteiger partial charge in [0.05, 0.1) is 5.56 Å². The number of aliphatic hydroxyl groups is 1. The molecule has 0 bridgehead atoms. The third-order valence-electron chi connectivity index (χ3n) is 3.21. The number of hydrogen-bond donors (Lipinski definition) is 1. The first-order chi connectivity index (χ1) is 11.1. The molecule has 5 nitrogen and oxygen atoms in total. The fourth-order valence-corrected chi connectivity index (χ4v) is 3.84. The number of benzene rings is 1. The summed E-state index contributed by atoms with van der Waals surface area (Å²) in [4.78, 5) is 2.66. The van der Waals surface area contributed by atoms with Gasteiger partial charge >= 0.3 is 16.3 Å². The van der Waals surface area contributed by atoms with E-state index in [1.807, 2.05) is 0 Å². The molecule has 2 heterocycles. The van der Waals surface area contributed by atoms with Crippen LogP contribution in [0.5, 0.6) is 5.75 Å². The van der Waals surface area contributed by atoms with Crippen LogP contribution in [0, 0.1) is 0 Å². The lowest BCUT2D eigenvalue weighted by Crippen LogP contribution is -2.21. The topological polar surface area (TPSA) is 76.5 Å². The van der Waals surface area contributed by atoms with Crippen molar-refractivity contribution in [2.75, 3.05) is 0 Å². The lowest BCUT2D eigenvalue weighted by molar-refractivity contribution is -0.137. The van der Waals surface area contributed by atoms with E-state index in [1.54, 1.807) is 0 Å². The van der Waals surface area contributed by atoms with Crippen molar-refractivity contribution in [1.29, 1.82) is 0 Å². The third-order valence-corrected chi connectivity index (χ3v) is 4.82. The fourth-order valence-electron chi connectivity index (χ4n) is 2.26. The van der Waals surface area contributed by atoms with Gasteiger partial charge in [0.25, 0.3) is 0 Å². The summed E-state index contributed by atoms with van der Waals surface area (Å²) in [6.07, 6.45) is -3.67. The van der Waals surface area contributed by atoms with Crippen molar-refractivity contribution in [3.8, 4) is 5.75 Å². The highest BCUT2D eigenvalue weighted by molar-refractivity contribution is 7.97. The van der Waals surface area contributed by atoms with Crippen LogP contribution in [0.4, 0.5) is 13.2 Å². The molecule has 0 atom stereocenters. The Bertz CT molecular complexity index is 970. The molecule has 0 aliphatic carbocycles. The van der Waals surface area contributed by atoms with Crippen molar-refractivity contribution < 1.29 is 30.9 Å². The molecule has 0 radical (unpaired) electrons. The molecule has 0 unspecified atom stereocenters. The van der Waals surface area contributed by atoms with Crippen LogP contribution in [-0.4, -0.2) is 18.5 Å². The molecule has 126 valence electrons. The summed E-state index contributed by atoms with van der Waals surface area (Å²) in [6.45, 7) is 0. The zero-order valence-electron chi connectivity index (χ0n) is 11.5. The SMILES string of the molecule is O=S1(=O)Oc2cccnc2C(O)=C1c1c(Cl)cccc1C(F)(F)F. The molecule has 0 saturated heterocycles. The van der Waals surface area contributed by atoms with Crippen molar-refractivity contribution in [3.63, 3.8) is 0 Å². The first kappa shape index (κ1) is 16.6. The number of rotatable bonds is 1. The largest absolute Gasteiger partial charge is 0.504 e. The maximum absolute atomic E-state index is 13.2. The predicted molar refractivity (Wildman–Crippen MR) is 79.7 cm³/mol. The molecule has 0 fully saturated rings. The molecule has 1 aliphatic rings. The van der Waals surface area contributed by atoms with Gasteiger partial charge in [-0.2, -0.15) is 21.6 Å². The number of halogens is 4. The molecule has 0 spiro atoms. The van der Waals surface area contributed by atoms with Crippen LogP contribution in [0.15, 0.2) is 36.5 Å². The first-order valence-corrected chi connectivity index (χ1v) is 8.11. The highest BCUT2D eigenvalue weighted by Gasteiger charge is 2.42. The summed E-state index contributed by atoms with van der Waals surface area (Å²) in [6, 6.07) is 5.32. The Labute approximate surface area is 139 Å². The van der Waals surface area contributed by atoms with Gasteiger partial charge in [0, 0.05) is 16.8 Å². The van der Waals surface area contributed by atoms with Gasteiger partial charge in [0.2, 0.25) is 0 Å². The highest BCUT2D eigenvalue weighted by Crippen LogP contribution is 2.45. The second kappa shape index (κ2) is 5.38. The molecular weight excluding hydrogens is 371 g/mol. The van der Waals surface area contributed by atoms with Gasteiger partial charge in [-0.15, -0.1) is 0 Å². The van der Waals surface area contributed by atoms with Gasteiger partial charge < -0.3 is 9.29 Å². The lowest BCUT2D eigenvalue weighted by atomic mass is 10.0. The number of nitrogens with zero attached hydrogens (tertiary/aromatic N) is 1. The summed E-state index contributed by atoms with van der Waals surface area (Å²) in [5.74, 6) is -1.25. The minimum absolute atomic E-state index is 0.292. The molecule has 0 saturated carbocycles. The quantitative estimate of drug-likeness (QED) is 0.764. The van der Waals surface area contributed by atoms with Crippen LogP contribution < -0.4 is 4.18 Å². The second-order valence-corrected chi connectivity index (χ2v) is 6.62. The van der Waals surface area contributed by atoms with E-state index in [2.05, 4.69) is 4.98 Å². The number of fused-ring (bicyclic) bond motifs is 1. The van der Waals surface area contributed by atoms with Crippen LogP contribution in [0.2, 0.25) is 5.02 Å². The summed E-state index contributed by atoms with van der Waals surface area (Å²) < 4.78 is 69.1. The maximum atomic E-state index is 13.2. The van der Waals surface area contributed by atoms with E-state index in [-0.39, 0.29) is 11.4 Å². The second-order valence-electron chi connectivity index (χ2n) is 4.73. The average molecular weight is 378 g/mol. The number of hydrogen-bond acceptors (Lipinski definition) is 5. The zero-order chi connectivity index (χ0) is 17.7. The van der Waals surface area contributed by atoms with Gasteiger partial charge in [0.15, 0.2) is 16.4 Å². The molecule has 3 rings (SSSR count). The standard InChI is InChI=1S/C14H7ClF3NO4S/c15-8-4-1-3-7(14(16,17)18)10(8)13-12(20)11-9(5-2-6-19-11)23-24(13,21)22/h1-6,20H. The zero-order valence-corrected chi connectivity index (χ0v) is 13.1. The van der Waals surface area contributed by atoms with Crippen LogP contribution >= 0.6 is 11.6 Å². The Hall–Kier alpha value is -2.26. The highest BCUT2D eigenvalue weighted by atomic mass is 35.5. The molecule has 24 heavy (non-hydrogen) atoms. The first-order valence-electron chi connectivity index (χ1n) is 6.32. The Morgan fingerprint density at radius 1 is 1.17 bits per heavy atom. The van der Waals surface area contributed by atoms with E-state index >= 15 is 0 Å². The number of pyridine rings is 1. The Morgan fingerprint density at radius 3 is 2.54 bits per heavy atom. The molecule has 2 aromatic rings. The normalized spacial score (nSPS) is 16.5. The number of aromatic nitrogens is 1. The van der Waals surface area contributed by atoms with Crippen LogP contribution in [0.3, 0.4) is 0 Å². The van der Waals surface area contributed by atoms with Crippen LogP contribution in [0.1, 0.15) is 16.8 Å². The Morgan fingerprint density at radius 2 is 1.88 bits per heavy atom. The molecule has 1 aromatic heterocycles. The summed E-state index contributed by atoms with van der Waals surface area (Å²) in [7, 11) is -4.74. The minimum Gasteiger partial charge on any atom is -0.504 e. The average Bonchev–Trinajstić information content (AvgIpc) is 2.47. The molecule has 1 N–H and O–H groups in total. The summed E-state index contributed by atoms with van der Waals surface area (Å²) in [5.41, 5.74) is -2.50.